The summed E-state index contributed by atoms with van der Waals surface area (Å²) in [5, 5.41) is 9.80. The molecule has 0 amide bonds. The van der Waals surface area contributed by atoms with E-state index in [2.05, 4.69) is 64.8 Å². The highest BCUT2D eigenvalue weighted by atomic mass is 32.2. The van der Waals surface area contributed by atoms with Crippen molar-refractivity contribution in [3.8, 4) is 17.1 Å². The van der Waals surface area contributed by atoms with Gasteiger partial charge in [-0.25, -0.2) is 0 Å². The maximum absolute atomic E-state index is 13.2. The molecule has 0 radical (unpaired) electrons. The number of pyridine rings is 1. The van der Waals surface area contributed by atoms with Gasteiger partial charge in [0.2, 0.25) is 0 Å². The van der Waals surface area contributed by atoms with Crippen LogP contribution < -0.4 is 0 Å². The zero-order valence-corrected chi connectivity index (χ0v) is 21.2. The number of carbonyl (C=O) groups excluding carboxylic acids is 1. The molecule has 4 aromatic rings. The number of hydrogen-bond donors (Lipinski definition) is 0. The van der Waals surface area contributed by atoms with Gasteiger partial charge in [-0.05, 0) is 79.6 Å². The lowest BCUT2D eigenvalue weighted by Gasteiger charge is -2.18. The van der Waals surface area contributed by atoms with Crippen LogP contribution in [0.1, 0.15) is 52.0 Å². The fourth-order valence-electron chi connectivity index (χ4n) is 4.22. The maximum atomic E-state index is 13.2. The van der Waals surface area contributed by atoms with E-state index in [0.29, 0.717) is 10.9 Å². The third kappa shape index (κ3) is 4.68. The van der Waals surface area contributed by atoms with Crippen LogP contribution in [0.25, 0.3) is 17.1 Å². The van der Waals surface area contributed by atoms with Crippen molar-refractivity contribution in [2.75, 3.05) is 5.75 Å². The topological polar surface area (TPSA) is 60.7 Å². The third-order valence-electron chi connectivity index (χ3n) is 6.22. The number of ketones is 1. The SMILES string of the molecule is CCc1cccc(CC)c1-n1c(SCC(=O)c2cc(C)c(C)cc2C)nnc1-c1cccnc1. The van der Waals surface area contributed by atoms with Gasteiger partial charge in [-0.15, -0.1) is 10.2 Å². The minimum Gasteiger partial charge on any atom is -0.293 e. The summed E-state index contributed by atoms with van der Waals surface area (Å²) in [5.41, 5.74) is 8.56. The Hall–Kier alpha value is -3.25. The van der Waals surface area contributed by atoms with E-state index in [-0.39, 0.29) is 5.78 Å². The smallest absolute Gasteiger partial charge is 0.196 e. The Morgan fingerprint density at radius 2 is 1.62 bits per heavy atom. The minimum atomic E-state index is 0.0996. The first-order valence-corrected chi connectivity index (χ1v) is 12.6. The van der Waals surface area contributed by atoms with E-state index in [1.54, 1.807) is 12.4 Å². The van der Waals surface area contributed by atoms with Crippen LogP contribution in [-0.4, -0.2) is 31.3 Å². The van der Waals surface area contributed by atoms with Gasteiger partial charge in [0.15, 0.2) is 16.8 Å². The first kappa shape index (κ1) is 23.9. The standard InChI is InChI=1S/C28H30N4OS/c1-6-21-10-8-11-22(7-2)26(21)32-27(23-12-9-13-29-16-23)30-31-28(32)34-17-25(33)24-15-19(4)18(3)14-20(24)5/h8-16H,6-7,17H2,1-5H3. The molecular weight excluding hydrogens is 440 g/mol. The lowest BCUT2D eigenvalue weighted by molar-refractivity contribution is 0.102. The summed E-state index contributed by atoms with van der Waals surface area (Å²) in [7, 11) is 0. The average molecular weight is 471 g/mol. The van der Waals surface area contributed by atoms with Gasteiger partial charge in [-0.2, -0.15) is 0 Å². The Bertz CT molecular complexity index is 1310. The second-order valence-electron chi connectivity index (χ2n) is 8.48. The van der Waals surface area contributed by atoms with Crippen molar-refractivity contribution in [1.82, 2.24) is 19.7 Å². The van der Waals surface area contributed by atoms with Crippen LogP contribution in [0.2, 0.25) is 0 Å². The van der Waals surface area contributed by atoms with E-state index in [9.17, 15) is 4.79 Å². The summed E-state index contributed by atoms with van der Waals surface area (Å²) in [4.78, 5) is 17.5. The van der Waals surface area contributed by atoms with E-state index in [0.717, 1.165) is 46.6 Å². The normalized spacial score (nSPS) is 11.1. The molecule has 0 unspecified atom stereocenters. The fraction of sp³-hybridized carbons (Fsp3) is 0.286. The monoisotopic (exact) mass is 470 g/mol. The number of para-hydroxylation sites is 1. The fourth-order valence-corrected chi connectivity index (χ4v) is 5.04. The molecule has 0 spiro atoms. The largest absolute Gasteiger partial charge is 0.293 e. The summed E-state index contributed by atoms with van der Waals surface area (Å²) < 4.78 is 2.11. The van der Waals surface area contributed by atoms with Crippen LogP contribution in [0.4, 0.5) is 0 Å². The predicted octanol–water partition coefficient (Wildman–Crippen LogP) is 6.35. The van der Waals surface area contributed by atoms with Gasteiger partial charge >= 0.3 is 0 Å². The molecule has 0 aliphatic carbocycles. The van der Waals surface area contributed by atoms with Crippen LogP contribution in [0.15, 0.2) is 60.0 Å². The number of aryl methyl sites for hydroxylation is 5. The van der Waals surface area contributed by atoms with Gasteiger partial charge in [-0.3, -0.25) is 14.3 Å². The maximum Gasteiger partial charge on any atom is 0.196 e. The molecule has 2 aromatic heterocycles. The zero-order chi connectivity index (χ0) is 24.2. The molecule has 0 bridgehead atoms. The molecule has 5 nitrogen and oxygen atoms in total. The second-order valence-corrected chi connectivity index (χ2v) is 9.42. The Morgan fingerprint density at radius 3 is 2.26 bits per heavy atom. The van der Waals surface area contributed by atoms with Crippen molar-refractivity contribution in [2.24, 2.45) is 0 Å². The van der Waals surface area contributed by atoms with Crippen molar-refractivity contribution in [1.29, 1.82) is 0 Å². The highest BCUT2D eigenvalue weighted by molar-refractivity contribution is 7.99. The first-order valence-electron chi connectivity index (χ1n) is 11.6. The highest BCUT2D eigenvalue weighted by Crippen LogP contribution is 2.32. The van der Waals surface area contributed by atoms with Crippen molar-refractivity contribution >= 4 is 17.5 Å². The lowest BCUT2D eigenvalue weighted by Crippen LogP contribution is -2.10. The molecule has 2 aromatic carbocycles. The molecule has 0 aliphatic rings. The molecular formula is C28H30N4OS. The van der Waals surface area contributed by atoms with E-state index < -0.39 is 0 Å². The molecule has 0 N–H and O–H groups in total. The Labute approximate surface area is 205 Å². The van der Waals surface area contributed by atoms with Gasteiger partial charge in [-0.1, -0.05) is 49.9 Å². The number of nitrogens with zero attached hydrogens (tertiary/aromatic N) is 4. The van der Waals surface area contributed by atoms with E-state index in [4.69, 9.17) is 0 Å². The number of Topliss-reactive ketones (excluding diaryl/α,β-unsaturated/α-hetero) is 1. The van der Waals surface area contributed by atoms with Crippen molar-refractivity contribution in [2.45, 2.75) is 52.6 Å². The minimum absolute atomic E-state index is 0.0996. The van der Waals surface area contributed by atoms with Gasteiger partial charge in [0.05, 0.1) is 11.4 Å². The van der Waals surface area contributed by atoms with E-state index in [1.165, 1.54) is 28.5 Å². The van der Waals surface area contributed by atoms with Crippen molar-refractivity contribution in [3.05, 3.63) is 88.2 Å². The first-order chi connectivity index (χ1) is 16.4. The molecule has 2 heterocycles. The molecule has 174 valence electrons. The Kier molecular flexibility index (Phi) is 7.27. The number of aromatic nitrogens is 4. The third-order valence-corrected chi connectivity index (χ3v) is 7.14. The molecule has 0 fully saturated rings. The average Bonchev–Trinajstić information content (AvgIpc) is 3.28. The molecule has 0 saturated carbocycles. The van der Waals surface area contributed by atoms with Crippen LogP contribution in [0.3, 0.4) is 0 Å². The Morgan fingerprint density at radius 1 is 0.912 bits per heavy atom. The number of carbonyl (C=O) groups is 1. The quantitative estimate of drug-likeness (QED) is 0.222. The highest BCUT2D eigenvalue weighted by Gasteiger charge is 2.22. The summed E-state index contributed by atoms with van der Waals surface area (Å²) in [5.74, 6) is 1.13. The summed E-state index contributed by atoms with van der Waals surface area (Å²) >= 11 is 1.44. The molecule has 0 saturated heterocycles. The Balaban J connectivity index is 1.77. The molecule has 0 atom stereocenters. The van der Waals surface area contributed by atoms with Gasteiger partial charge < -0.3 is 0 Å². The van der Waals surface area contributed by atoms with Gasteiger partial charge in [0.1, 0.15) is 0 Å². The molecule has 0 aliphatic heterocycles. The number of hydrogen-bond acceptors (Lipinski definition) is 5. The van der Waals surface area contributed by atoms with E-state index >= 15 is 0 Å². The van der Waals surface area contributed by atoms with Gasteiger partial charge in [0, 0.05) is 23.5 Å². The van der Waals surface area contributed by atoms with Crippen molar-refractivity contribution in [3.63, 3.8) is 0 Å². The lowest BCUT2D eigenvalue weighted by atomic mass is 9.99. The summed E-state index contributed by atoms with van der Waals surface area (Å²) in [6, 6.07) is 14.4. The van der Waals surface area contributed by atoms with Crippen LogP contribution in [0.5, 0.6) is 0 Å². The zero-order valence-electron chi connectivity index (χ0n) is 20.4. The summed E-state index contributed by atoms with van der Waals surface area (Å²) in [6.45, 7) is 10.4. The number of benzene rings is 2. The molecule has 6 heteroatoms. The van der Waals surface area contributed by atoms with Crippen molar-refractivity contribution < 1.29 is 4.79 Å². The van der Waals surface area contributed by atoms with E-state index in [1.807, 2.05) is 32.0 Å². The number of rotatable bonds is 8. The predicted molar refractivity (Wildman–Crippen MR) is 139 cm³/mol. The van der Waals surface area contributed by atoms with Gasteiger partial charge in [0.25, 0.3) is 0 Å². The van der Waals surface area contributed by atoms with Crippen LogP contribution >= 0.6 is 11.8 Å². The summed E-state index contributed by atoms with van der Waals surface area (Å²) in [6.07, 6.45) is 5.33. The molecule has 34 heavy (non-hydrogen) atoms. The second kappa shape index (κ2) is 10.3. The van der Waals surface area contributed by atoms with Crippen LogP contribution in [-0.2, 0) is 12.8 Å². The number of thioether (sulfide) groups is 1. The van der Waals surface area contributed by atoms with Crippen LogP contribution in [0, 0.1) is 20.8 Å². The molecule has 4 rings (SSSR count).